The van der Waals surface area contributed by atoms with E-state index in [2.05, 4.69) is 15.6 Å². The molecule has 2 aromatic carbocycles. The van der Waals surface area contributed by atoms with E-state index in [1.165, 1.54) is 23.5 Å². The molecule has 2 amide bonds. The molecule has 0 saturated carbocycles. The lowest BCUT2D eigenvalue weighted by Gasteiger charge is -2.10. The van der Waals surface area contributed by atoms with E-state index < -0.39 is 11.7 Å². The van der Waals surface area contributed by atoms with Gasteiger partial charge < -0.3 is 10.6 Å². The second kappa shape index (κ2) is 9.88. The van der Waals surface area contributed by atoms with Gasteiger partial charge in [-0.3, -0.25) is 14.6 Å². The minimum atomic E-state index is -4.42. The zero-order valence-corrected chi connectivity index (χ0v) is 18.4. The molecule has 4 rings (SSSR count). The Morgan fingerprint density at radius 1 is 0.882 bits per heavy atom. The molecule has 0 atom stereocenters. The van der Waals surface area contributed by atoms with Gasteiger partial charge in [0.1, 0.15) is 5.69 Å². The van der Waals surface area contributed by atoms with Crippen LogP contribution in [0.5, 0.6) is 0 Å². The molecule has 5 nitrogen and oxygen atoms in total. The third-order valence-electron chi connectivity index (χ3n) is 4.96. The minimum absolute atomic E-state index is 0.286. The molecule has 0 aliphatic rings. The van der Waals surface area contributed by atoms with Gasteiger partial charge in [0.15, 0.2) is 0 Å². The number of carbonyl (C=O) groups excluding carboxylic acids is 2. The Morgan fingerprint density at radius 2 is 1.62 bits per heavy atom. The minimum Gasteiger partial charge on any atom is -0.347 e. The zero-order chi connectivity index (χ0) is 24.1. The fraction of sp³-hybridized carbons (Fsp3) is 0.0800. The highest BCUT2D eigenvalue weighted by molar-refractivity contribution is 7.12. The molecule has 2 heterocycles. The number of benzene rings is 2. The highest BCUT2D eigenvalue weighted by atomic mass is 32.1. The van der Waals surface area contributed by atoms with E-state index in [0.717, 1.165) is 17.7 Å². The summed E-state index contributed by atoms with van der Waals surface area (Å²) >= 11 is 1.21. The van der Waals surface area contributed by atoms with Gasteiger partial charge >= 0.3 is 6.18 Å². The first kappa shape index (κ1) is 23.2. The summed E-state index contributed by atoms with van der Waals surface area (Å²) in [5, 5.41) is 7.30. The Labute approximate surface area is 197 Å². The van der Waals surface area contributed by atoms with Crippen LogP contribution in [0, 0.1) is 0 Å². The van der Waals surface area contributed by atoms with Gasteiger partial charge in [0, 0.05) is 24.0 Å². The number of alkyl halides is 3. The van der Waals surface area contributed by atoms with Gasteiger partial charge in [-0.2, -0.15) is 13.2 Å². The standard InChI is InChI=1S/C25H18F3N3O2S/c26-25(27,28)18-8-6-17(7-9-18)20-12-14-34-22(20)24(33)31-19-10-4-16(5-11-19)15-30-23(32)21-3-1-2-13-29-21/h1-14H,15H2,(H,30,32)(H,31,33). The molecule has 0 spiro atoms. The number of hydrogen-bond acceptors (Lipinski definition) is 4. The van der Waals surface area contributed by atoms with Crippen LogP contribution in [-0.2, 0) is 12.7 Å². The second-order valence-corrected chi connectivity index (χ2v) is 8.20. The maximum Gasteiger partial charge on any atom is 0.416 e. The van der Waals surface area contributed by atoms with Crippen LogP contribution in [0.15, 0.2) is 84.4 Å². The SMILES string of the molecule is O=C(NCc1ccc(NC(=O)c2sccc2-c2ccc(C(F)(F)F)cc2)cc1)c1ccccn1. The maximum absolute atomic E-state index is 12.8. The van der Waals surface area contributed by atoms with Crippen molar-refractivity contribution in [2.24, 2.45) is 0 Å². The van der Waals surface area contributed by atoms with Crippen molar-refractivity contribution in [1.29, 1.82) is 0 Å². The van der Waals surface area contributed by atoms with Crippen LogP contribution in [0.25, 0.3) is 11.1 Å². The fourth-order valence-electron chi connectivity index (χ4n) is 3.21. The van der Waals surface area contributed by atoms with Crippen molar-refractivity contribution in [1.82, 2.24) is 10.3 Å². The molecule has 4 aromatic rings. The van der Waals surface area contributed by atoms with E-state index in [-0.39, 0.29) is 11.8 Å². The third-order valence-corrected chi connectivity index (χ3v) is 5.87. The smallest absolute Gasteiger partial charge is 0.347 e. The molecule has 2 N–H and O–H groups in total. The molecule has 0 radical (unpaired) electrons. The van der Waals surface area contributed by atoms with Crippen LogP contribution in [0.4, 0.5) is 18.9 Å². The first-order valence-electron chi connectivity index (χ1n) is 10.2. The average molecular weight is 481 g/mol. The number of amides is 2. The Morgan fingerprint density at radius 3 is 2.26 bits per heavy atom. The van der Waals surface area contributed by atoms with E-state index in [1.54, 1.807) is 60.1 Å². The number of carbonyl (C=O) groups is 2. The van der Waals surface area contributed by atoms with E-state index in [4.69, 9.17) is 0 Å². The largest absolute Gasteiger partial charge is 0.416 e. The fourth-order valence-corrected chi connectivity index (χ4v) is 4.03. The van der Waals surface area contributed by atoms with Crippen molar-refractivity contribution >= 4 is 28.8 Å². The molecular formula is C25H18F3N3O2S. The number of aromatic nitrogens is 1. The number of hydrogen-bond donors (Lipinski definition) is 2. The van der Waals surface area contributed by atoms with Crippen molar-refractivity contribution in [2.45, 2.75) is 12.7 Å². The molecule has 172 valence electrons. The molecule has 0 unspecified atom stereocenters. The summed E-state index contributed by atoms with van der Waals surface area (Å²) in [6.45, 7) is 0.298. The first-order valence-corrected chi connectivity index (χ1v) is 11.0. The van der Waals surface area contributed by atoms with Crippen molar-refractivity contribution in [3.8, 4) is 11.1 Å². The molecule has 34 heavy (non-hydrogen) atoms. The predicted octanol–water partition coefficient (Wildman–Crippen LogP) is 6.01. The van der Waals surface area contributed by atoms with Crippen LogP contribution in [0.2, 0.25) is 0 Å². The molecule has 0 bridgehead atoms. The molecule has 0 aliphatic carbocycles. The van der Waals surface area contributed by atoms with E-state index in [9.17, 15) is 22.8 Å². The Hall–Kier alpha value is -3.98. The number of nitrogens with zero attached hydrogens (tertiary/aromatic N) is 1. The molecule has 2 aromatic heterocycles. The van der Waals surface area contributed by atoms with Crippen LogP contribution in [0.3, 0.4) is 0 Å². The van der Waals surface area contributed by atoms with Crippen molar-refractivity contribution in [3.63, 3.8) is 0 Å². The summed E-state index contributed by atoms with van der Waals surface area (Å²) in [4.78, 5) is 29.3. The van der Waals surface area contributed by atoms with Crippen LogP contribution < -0.4 is 10.6 Å². The van der Waals surface area contributed by atoms with Crippen molar-refractivity contribution < 1.29 is 22.8 Å². The van der Waals surface area contributed by atoms with Crippen molar-refractivity contribution in [2.75, 3.05) is 5.32 Å². The lowest BCUT2D eigenvalue weighted by molar-refractivity contribution is -0.137. The van der Waals surface area contributed by atoms with Gasteiger partial charge in [-0.15, -0.1) is 11.3 Å². The lowest BCUT2D eigenvalue weighted by atomic mass is 10.0. The summed E-state index contributed by atoms with van der Waals surface area (Å²) < 4.78 is 38.5. The van der Waals surface area contributed by atoms with Crippen molar-refractivity contribution in [3.05, 3.63) is 106 Å². The zero-order valence-electron chi connectivity index (χ0n) is 17.6. The highest BCUT2D eigenvalue weighted by Crippen LogP contribution is 2.33. The van der Waals surface area contributed by atoms with Gasteiger partial charge in [0.05, 0.1) is 10.4 Å². The lowest BCUT2D eigenvalue weighted by Crippen LogP contribution is -2.23. The molecule has 0 saturated heterocycles. The van der Waals surface area contributed by atoms with Crippen LogP contribution in [0.1, 0.15) is 31.3 Å². The molecule has 0 aliphatic heterocycles. The van der Waals surface area contributed by atoms with Gasteiger partial charge in [0.2, 0.25) is 0 Å². The third kappa shape index (κ3) is 5.49. The molecule has 9 heteroatoms. The normalized spacial score (nSPS) is 11.1. The van der Waals surface area contributed by atoms with E-state index in [0.29, 0.717) is 33.9 Å². The number of pyridine rings is 1. The quantitative estimate of drug-likeness (QED) is 0.354. The number of anilines is 1. The summed E-state index contributed by atoms with van der Waals surface area (Å²) in [6.07, 6.45) is -2.87. The number of nitrogens with one attached hydrogen (secondary N) is 2. The summed E-state index contributed by atoms with van der Waals surface area (Å²) in [6, 6.07) is 18.5. The van der Waals surface area contributed by atoms with Crippen LogP contribution in [-0.4, -0.2) is 16.8 Å². The Balaban J connectivity index is 1.39. The van der Waals surface area contributed by atoms with Gasteiger partial charge in [-0.25, -0.2) is 0 Å². The molecular weight excluding hydrogens is 463 g/mol. The average Bonchev–Trinajstić information content (AvgIpc) is 3.34. The summed E-state index contributed by atoms with van der Waals surface area (Å²) in [5.41, 5.74) is 2.06. The van der Waals surface area contributed by atoms with Gasteiger partial charge in [-0.1, -0.05) is 30.3 Å². The monoisotopic (exact) mass is 481 g/mol. The van der Waals surface area contributed by atoms with Crippen LogP contribution >= 0.6 is 11.3 Å². The van der Waals surface area contributed by atoms with E-state index >= 15 is 0 Å². The maximum atomic E-state index is 12.8. The highest BCUT2D eigenvalue weighted by Gasteiger charge is 2.30. The summed E-state index contributed by atoms with van der Waals surface area (Å²) in [7, 11) is 0. The second-order valence-electron chi connectivity index (χ2n) is 7.29. The number of thiophene rings is 1. The predicted molar refractivity (Wildman–Crippen MR) is 125 cm³/mol. The van der Waals surface area contributed by atoms with E-state index in [1.807, 2.05) is 0 Å². The number of rotatable bonds is 6. The molecule has 0 fully saturated rings. The number of halogens is 3. The summed E-state index contributed by atoms with van der Waals surface area (Å²) in [5.74, 6) is -0.646. The topological polar surface area (TPSA) is 71.1 Å². The van der Waals surface area contributed by atoms with Gasteiger partial charge in [0.25, 0.3) is 11.8 Å². The Bertz CT molecular complexity index is 1290. The Kier molecular flexibility index (Phi) is 6.74. The first-order chi connectivity index (χ1) is 16.3. The van der Waals surface area contributed by atoms with Gasteiger partial charge in [-0.05, 0) is 59.0 Å².